The average Bonchev–Trinajstić information content (AvgIpc) is 2.83. The normalized spacial score (nSPS) is 20.9. The third-order valence-electron chi connectivity index (χ3n) is 6.89. The highest BCUT2D eigenvalue weighted by atomic mass is 19.1. The van der Waals surface area contributed by atoms with Crippen LogP contribution in [-0.4, -0.2) is 47.1 Å². The highest BCUT2D eigenvalue weighted by Crippen LogP contribution is 2.46. The minimum absolute atomic E-state index is 0.0321. The number of nitrogens with zero attached hydrogens (tertiary/aromatic N) is 1. The first kappa shape index (κ1) is 23.9. The van der Waals surface area contributed by atoms with Crippen LogP contribution in [0.5, 0.6) is 11.5 Å². The molecule has 0 aliphatic carbocycles. The van der Waals surface area contributed by atoms with E-state index < -0.39 is 5.92 Å². The molecule has 1 saturated heterocycles. The first-order valence-corrected chi connectivity index (χ1v) is 11.7. The number of halogens is 1. The van der Waals surface area contributed by atoms with E-state index in [9.17, 15) is 19.4 Å². The van der Waals surface area contributed by atoms with E-state index in [-0.39, 0.29) is 34.9 Å². The van der Waals surface area contributed by atoms with Gasteiger partial charge in [-0.3, -0.25) is 4.79 Å². The lowest BCUT2D eigenvalue weighted by Crippen LogP contribution is -2.47. The summed E-state index contributed by atoms with van der Waals surface area (Å²) in [5, 5.41) is 20.2. The van der Waals surface area contributed by atoms with Gasteiger partial charge in [-0.25, -0.2) is 4.39 Å². The van der Waals surface area contributed by atoms with Crippen LogP contribution in [0.15, 0.2) is 66.7 Å². The molecular weight excluding hydrogens is 431 g/mol. The Bertz CT molecular complexity index is 1170. The molecule has 1 aliphatic heterocycles. The molecule has 3 atom stereocenters. The van der Waals surface area contributed by atoms with Crippen molar-refractivity contribution in [2.24, 2.45) is 11.7 Å². The third-order valence-corrected chi connectivity index (χ3v) is 6.89. The second-order valence-electron chi connectivity index (χ2n) is 9.10. The van der Waals surface area contributed by atoms with Crippen LogP contribution < -0.4 is 5.73 Å². The van der Waals surface area contributed by atoms with E-state index in [0.717, 1.165) is 24.1 Å². The van der Waals surface area contributed by atoms with Crippen LogP contribution in [0.2, 0.25) is 0 Å². The number of carbonyl (C=O) groups excluding carboxylic acids is 1. The lowest BCUT2D eigenvalue weighted by Gasteiger charge is -2.44. The number of carbonyl (C=O) groups is 1. The Morgan fingerprint density at radius 1 is 1.03 bits per heavy atom. The molecule has 178 valence electrons. The number of phenols is 2. The van der Waals surface area contributed by atoms with Crippen LogP contribution >= 0.6 is 0 Å². The minimum Gasteiger partial charge on any atom is -0.508 e. The van der Waals surface area contributed by atoms with Crippen molar-refractivity contribution in [2.45, 2.75) is 25.2 Å². The predicted octanol–water partition coefficient (Wildman–Crippen LogP) is 4.58. The van der Waals surface area contributed by atoms with Crippen molar-refractivity contribution in [3.05, 3.63) is 94.8 Å². The predicted molar refractivity (Wildman–Crippen MR) is 131 cm³/mol. The van der Waals surface area contributed by atoms with E-state index in [1.165, 1.54) is 18.2 Å². The SMILES string of the molecule is Cc1c(F)cccc1[C@H]1[C@@H](C(=O)c2cccc(O)c2)CN(CCCN)C[C@@H]1c1cccc(O)c1. The summed E-state index contributed by atoms with van der Waals surface area (Å²) in [7, 11) is 0. The maximum Gasteiger partial charge on any atom is 0.167 e. The molecule has 0 saturated carbocycles. The van der Waals surface area contributed by atoms with Gasteiger partial charge < -0.3 is 20.8 Å². The Morgan fingerprint density at radius 3 is 2.44 bits per heavy atom. The lowest BCUT2D eigenvalue weighted by atomic mass is 9.67. The molecule has 3 aromatic carbocycles. The van der Waals surface area contributed by atoms with Crippen molar-refractivity contribution in [2.75, 3.05) is 26.2 Å². The van der Waals surface area contributed by atoms with Crippen molar-refractivity contribution >= 4 is 5.78 Å². The number of phenolic OH excluding ortho intramolecular Hbond substituents is 2. The van der Waals surface area contributed by atoms with E-state index in [4.69, 9.17) is 5.73 Å². The Morgan fingerprint density at radius 2 is 1.74 bits per heavy atom. The summed E-state index contributed by atoms with van der Waals surface area (Å²) in [6.45, 7) is 4.20. The number of benzene rings is 3. The summed E-state index contributed by atoms with van der Waals surface area (Å²) < 4.78 is 14.7. The molecular formula is C28H31FN2O3. The highest BCUT2D eigenvalue weighted by molar-refractivity contribution is 5.99. The number of nitrogens with two attached hydrogens (primary N) is 1. The largest absolute Gasteiger partial charge is 0.508 e. The van der Waals surface area contributed by atoms with Gasteiger partial charge in [0.2, 0.25) is 0 Å². The fraction of sp³-hybridized carbons (Fsp3) is 0.321. The average molecular weight is 463 g/mol. The Balaban J connectivity index is 1.86. The summed E-state index contributed by atoms with van der Waals surface area (Å²) in [5.74, 6) is -1.13. The molecule has 0 spiro atoms. The topological polar surface area (TPSA) is 86.8 Å². The minimum atomic E-state index is -0.471. The number of rotatable bonds is 7. The summed E-state index contributed by atoms with van der Waals surface area (Å²) in [5.41, 5.74) is 8.43. The van der Waals surface area contributed by atoms with Crippen molar-refractivity contribution in [3.8, 4) is 11.5 Å². The van der Waals surface area contributed by atoms with Gasteiger partial charge in [0, 0.05) is 36.4 Å². The standard InChI is InChI=1S/C28H31FN2O3/c1-18-23(10-4-11-26(18)29)27-24(19-6-2-8-21(32)14-19)16-31(13-5-12-30)17-25(27)28(34)20-7-3-9-22(33)15-20/h2-4,6-11,14-15,24-25,27,32-33H,5,12-13,16-17,30H2,1H3/t24-,25+,27-/m1/s1. The first-order valence-electron chi connectivity index (χ1n) is 11.7. The second kappa shape index (κ2) is 10.4. The van der Waals surface area contributed by atoms with E-state index in [2.05, 4.69) is 4.90 Å². The van der Waals surface area contributed by atoms with Crippen molar-refractivity contribution < 1.29 is 19.4 Å². The van der Waals surface area contributed by atoms with Gasteiger partial charge in [-0.05, 0) is 73.5 Å². The summed E-state index contributed by atoms with van der Waals surface area (Å²) in [4.78, 5) is 16.1. The molecule has 1 heterocycles. The molecule has 6 heteroatoms. The Kier molecular flexibility index (Phi) is 7.29. The van der Waals surface area contributed by atoms with Crippen LogP contribution in [0.1, 0.15) is 45.3 Å². The van der Waals surface area contributed by atoms with Gasteiger partial charge in [-0.15, -0.1) is 0 Å². The van der Waals surface area contributed by atoms with E-state index in [1.54, 1.807) is 43.3 Å². The molecule has 0 bridgehead atoms. The lowest BCUT2D eigenvalue weighted by molar-refractivity contribution is 0.0738. The van der Waals surface area contributed by atoms with Crippen molar-refractivity contribution in [1.82, 2.24) is 4.90 Å². The van der Waals surface area contributed by atoms with Gasteiger partial charge in [-0.2, -0.15) is 0 Å². The summed E-state index contributed by atoms with van der Waals surface area (Å²) in [6, 6.07) is 18.5. The number of aromatic hydroxyl groups is 2. The zero-order chi connectivity index (χ0) is 24.2. The maximum atomic E-state index is 14.7. The quantitative estimate of drug-likeness (QED) is 0.448. The molecule has 0 aromatic heterocycles. The fourth-order valence-corrected chi connectivity index (χ4v) is 5.24. The van der Waals surface area contributed by atoms with E-state index in [0.29, 0.717) is 30.8 Å². The molecule has 0 unspecified atom stereocenters. The smallest absolute Gasteiger partial charge is 0.167 e. The Labute approximate surface area is 199 Å². The van der Waals surface area contributed by atoms with Gasteiger partial charge >= 0.3 is 0 Å². The van der Waals surface area contributed by atoms with E-state index >= 15 is 0 Å². The Hall–Kier alpha value is -3.22. The number of Topliss-reactive ketones (excluding diaryl/α,β-unsaturated/α-hetero) is 1. The zero-order valence-electron chi connectivity index (χ0n) is 19.3. The summed E-state index contributed by atoms with van der Waals surface area (Å²) in [6.07, 6.45) is 0.795. The molecule has 3 aromatic rings. The van der Waals surface area contributed by atoms with Crippen LogP contribution in [0, 0.1) is 18.7 Å². The molecule has 4 rings (SSSR count). The second-order valence-corrected chi connectivity index (χ2v) is 9.10. The number of ketones is 1. The fourth-order valence-electron chi connectivity index (χ4n) is 5.24. The number of likely N-dealkylation sites (tertiary alicyclic amines) is 1. The molecule has 5 nitrogen and oxygen atoms in total. The molecule has 34 heavy (non-hydrogen) atoms. The first-order chi connectivity index (χ1) is 16.4. The van der Waals surface area contributed by atoms with Gasteiger partial charge in [0.05, 0.1) is 0 Å². The molecule has 0 radical (unpaired) electrons. The number of hydrogen-bond donors (Lipinski definition) is 3. The van der Waals surface area contributed by atoms with Gasteiger partial charge in [0.15, 0.2) is 5.78 Å². The van der Waals surface area contributed by atoms with Crippen molar-refractivity contribution in [3.63, 3.8) is 0 Å². The molecule has 1 aliphatic rings. The van der Waals surface area contributed by atoms with Crippen LogP contribution in [-0.2, 0) is 0 Å². The zero-order valence-corrected chi connectivity index (χ0v) is 19.3. The molecule has 0 amide bonds. The van der Waals surface area contributed by atoms with Gasteiger partial charge in [0.25, 0.3) is 0 Å². The number of hydrogen-bond acceptors (Lipinski definition) is 5. The van der Waals surface area contributed by atoms with Crippen molar-refractivity contribution in [1.29, 1.82) is 0 Å². The highest BCUT2D eigenvalue weighted by Gasteiger charge is 2.43. The molecule has 1 fully saturated rings. The van der Waals surface area contributed by atoms with Crippen LogP contribution in [0.25, 0.3) is 0 Å². The van der Waals surface area contributed by atoms with Gasteiger partial charge in [0.1, 0.15) is 17.3 Å². The molecule has 4 N–H and O–H groups in total. The van der Waals surface area contributed by atoms with Gasteiger partial charge in [-0.1, -0.05) is 36.4 Å². The van der Waals surface area contributed by atoms with Crippen LogP contribution in [0.4, 0.5) is 4.39 Å². The number of piperidine rings is 1. The van der Waals surface area contributed by atoms with E-state index in [1.807, 2.05) is 12.1 Å². The maximum absolute atomic E-state index is 14.7. The summed E-state index contributed by atoms with van der Waals surface area (Å²) >= 11 is 0. The monoisotopic (exact) mass is 462 g/mol. The van der Waals surface area contributed by atoms with Crippen LogP contribution in [0.3, 0.4) is 0 Å². The third kappa shape index (κ3) is 4.98.